The summed E-state index contributed by atoms with van der Waals surface area (Å²) >= 11 is 0. The van der Waals surface area contributed by atoms with Crippen molar-refractivity contribution in [3.05, 3.63) is 46.2 Å². The molecule has 8 heteroatoms. The number of sulfone groups is 1. The number of carbonyl (C=O) groups excluding carboxylic acids is 2. The molecule has 174 valence electrons. The second-order valence-electron chi connectivity index (χ2n) is 8.60. The minimum absolute atomic E-state index is 0.114. The minimum Gasteiger partial charge on any atom is -0.407 e. The van der Waals surface area contributed by atoms with Crippen LogP contribution in [0.3, 0.4) is 0 Å². The van der Waals surface area contributed by atoms with E-state index in [9.17, 15) is 18.0 Å². The smallest absolute Gasteiger partial charge is 0.312 e. The van der Waals surface area contributed by atoms with Crippen LogP contribution >= 0.6 is 0 Å². The number of hydrogen-bond acceptors (Lipinski definition) is 6. The summed E-state index contributed by atoms with van der Waals surface area (Å²) in [7, 11) is -3.51. The van der Waals surface area contributed by atoms with Gasteiger partial charge < -0.3 is 4.74 Å². The SMILES string of the molecule is CCC(=O)Oc1c(C(=O)c2ccc(S(C)(=O)=O)c(C(C)=C(C)C)c2C)cnn1CC(C)C. The number of aromatic nitrogens is 2. The molecule has 2 rings (SSSR count). The first kappa shape index (κ1) is 25.5. The fraction of sp³-hybridized carbons (Fsp3) is 0.458. The van der Waals surface area contributed by atoms with Gasteiger partial charge in [-0.1, -0.05) is 26.3 Å². The first-order valence-electron chi connectivity index (χ1n) is 10.6. The number of benzene rings is 1. The molecular formula is C24H32N2O5S. The van der Waals surface area contributed by atoms with Crippen molar-refractivity contribution in [2.75, 3.05) is 6.26 Å². The van der Waals surface area contributed by atoms with Crippen molar-refractivity contribution in [1.82, 2.24) is 9.78 Å². The zero-order valence-electron chi connectivity index (χ0n) is 20.1. The van der Waals surface area contributed by atoms with Gasteiger partial charge in [0, 0.05) is 24.8 Å². The molecule has 0 radical (unpaired) electrons. The van der Waals surface area contributed by atoms with Crippen LogP contribution in [0.25, 0.3) is 5.57 Å². The molecule has 0 saturated carbocycles. The average molecular weight is 461 g/mol. The number of esters is 1. The molecule has 0 aliphatic heterocycles. The summed E-state index contributed by atoms with van der Waals surface area (Å²) in [5.74, 6) is -0.503. The Morgan fingerprint density at radius 2 is 1.75 bits per heavy atom. The average Bonchev–Trinajstić information content (AvgIpc) is 3.07. The second-order valence-corrected chi connectivity index (χ2v) is 10.6. The lowest BCUT2D eigenvalue weighted by atomic mass is 9.91. The number of carbonyl (C=O) groups is 2. The van der Waals surface area contributed by atoms with Crippen molar-refractivity contribution in [3.8, 4) is 5.88 Å². The Balaban J connectivity index is 2.74. The van der Waals surface area contributed by atoms with Crippen molar-refractivity contribution < 1.29 is 22.7 Å². The minimum atomic E-state index is -3.51. The van der Waals surface area contributed by atoms with Crippen LogP contribution in [0.5, 0.6) is 5.88 Å². The first-order valence-corrected chi connectivity index (χ1v) is 12.5. The fourth-order valence-electron chi connectivity index (χ4n) is 3.40. The largest absolute Gasteiger partial charge is 0.407 e. The number of allylic oxidation sites excluding steroid dienone is 2. The summed E-state index contributed by atoms with van der Waals surface area (Å²) in [5.41, 5.74) is 3.34. The highest BCUT2D eigenvalue weighted by Gasteiger charge is 2.27. The van der Waals surface area contributed by atoms with E-state index in [0.29, 0.717) is 23.2 Å². The molecule has 32 heavy (non-hydrogen) atoms. The molecule has 0 aliphatic carbocycles. The molecule has 0 bridgehead atoms. The molecule has 0 atom stereocenters. The van der Waals surface area contributed by atoms with Gasteiger partial charge in [-0.05, 0) is 62.4 Å². The summed E-state index contributed by atoms with van der Waals surface area (Å²) in [6, 6.07) is 2.98. The Hall–Kier alpha value is -2.74. The van der Waals surface area contributed by atoms with E-state index in [0.717, 1.165) is 17.4 Å². The van der Waals surface area contributed by atoms with Crippen LogP contribution < -0.4 is 4.74 Å². The van der Waals surface area contributed by atoms with Crippen molar-refractivity contribution >= 4 is 27.2 Å². The predicted molar refractivity (Wildman–Crippen MR) is 125 cm³/mol. The second kappa shape index (κ2) is 9.81. The Morgan fingerprint density at radius 3 is 2.25 bits per heavy atom. The summed E-state index contributed by atoms with van der Waals surface area (Å²) in [6.45, 7) is 13.5. The lowest BCUT2D eigenvalue weighted by Crippen LogP contribution is -2.16. The number of ketones is 1. The van der Waals surface area contributed by atoms with Crippen LogP contribution in [0.1, 0.15) is 75.0 Å². The molecule has 2 aromatic rings. The zero-order valence-corrected chi connectivity index (χ0v) is 20.9. The van der Waals surface area contributed by atoms with E-state index in [4.69, 9.17) is 4.74 Å². The zero-order chi connectivity index (χ0) is 24.4. The third kappa shape index (κ3) is 5.35. The molecule has 1 aromatic heterocycles. The van der Waals surface area contributed by atoms with Crippen LogP contribution in [0, 0.1) is 12.8 Å². The van der Waals surface area contributed by atoms with Gasteiger partial charge in [-0.25, -0.2) is 13.1 Å². The molecule has 0 aliphatic rings. The van der Waals surface area contributed by atoms with Crippen LogP contribution in [0.2, 0.25) is 0 Å². The molecule has 0 spiro atoms. The highest BCUT2D eigenvalue weighted by Crippen LogP contribution is 2.33. The van der Waals surface area contributed by atoms with Gasteiger partial charge in [-0.3, -0.25) is 9.59 Å². The predicted octanol–water partition coefficient (Wildman–Crippen LogP) is 4.61. The lowest BCUT2D eigenvalue weighted by molar-refractivity contribution is -0.134. The number of rotatable bonds is 8. The van der Waals surface area contributed by atoms with Crippen LogP contribution in [-0.4, -0.2) is 36.2 Å². The Bertz CT molecular complexity index is 1180. The van der Waals surface area contributed by atoms with E-state index < -0.39 is 15.8 Å². The monoisotopic (exact) mass is 460 g/mol. The maximum atomic E-state index is 13.6. The van der Waals surface area contributed by atoms with Gasteiger partial charge in [0.25, 0.3) is 0 Å². The first-order chi connectivity index (χ1) is 14.8. The van der Waals surface area contributed by atoms with Crippen molar-refractivity contribution in [1.29, 1.82) is 0 Å². The Kier molecular flexibility index (Phi) is 7.83. The molecule has 1 aromatic carbocycles. The molecule has 0 amide bonds. The van der Waals surface area contributed by atoms with Crippen LogP contribution in [0.15, 0.2) is 28.8 Å². The Labute approximate surface area is 190 Å². The van der Waals surface area contributed by atoms with Gasteiger partial charge in [0.05, 0.1) is 11.1 Å². The van der Waals surface area contributed by atoms with Crippen molar-refractivity contribution in [2.24, 2.45) is 5.92 Å². The van der Waals surface area contributed by atoms with Gasteiger partial charge in [-0.15, -0.1) is 0 Å². The fourth-order valence-corrected chi connectivity index (χ4v) is 4.39. The topological polar surface area (TPSA) is 95.3 Å². The quantitative estimate of drug-likeness (QED) is 0.422. The highest BCUT2D eigenvalue weighted by atomic mass is 32.2. The summed E-state index contributed by atoms with van der Waals surface area (Å²) < 4.78 is 31.8. The van der Waals surface area contributed by atoms with Gasteiger partial charge >= 0.3 is 5.97 Å². The third-order valence-electron chi connectivity index (χ3n) is 5.27. The van der Waals surface area contributed by atoms with Crippen LogP contribution in [0.4, 0.5) is 0 Å². The van der Waals surface area contributed by atoms with E-state index in [1.165, 1.54) is 23.0 Å². The van der Waals surface area contributed by atoms with E-state index in [2.05, 4.69) is 5.10 Å². The molecule has 1 heterocycles. The van der Waals surface area contributed by atoms with Crippen molar-refractivity contribution in [3.63, 3.8) is 0 Å². The maximum absolute atomic E-state index is 13.6. The van der Waals surface area contributed by atoms with E-state index in [1.807, 2.05) is 34.6 Å². The van der Waals surface area contributed by atoms with E-state index in [1.54, 1.807) is 13.8 Å². The van der Waals surface area contributed by atoms with Gasteiger partial charge in [-0.2, -0.15) is 5.10 Å². The molecule has 0 N–H and O–H groups in total. The molecule has 0 unspecified atom stereocenters. The van der Waals surface area contributed by atoms with Crippen LogP contribution in [-0.2, 0) is 21.2 Å². The molecule has 0 fully saturated rings. The Morgan fingerprint density at radius 1 is 1.12 bits per heavy atom. The molecule has 0 saturated heterocycles. The van der Waals surface area contributed by atoms with Gasteiger partial charge in [0.15, 0.2) is 15.6 Å². The van der Waals surface area contributed by atoms with Gasteiger partial charge in [0.2, 0.25) is 5.88 Å². The number of hydrogen-bond donors (Lipinski definition) is 0. The number of nitrogens with zero attached hydrogens (tertiary/aromatic N) is 2. The lowest BCUT2D eigenvalue weighted by Gasteiger charge is -2.17. The molecular weight excluding hydrogens is 428 g/mol. The standard InChI is InChI=1S/C24H32N2O5S/c1-9-21(27)31-24-19(12-25-26(24)13-14(2)3)23(28)18-10-11-20(32(8,29)30)22(17(18)7)16(6)15(4)5/h10-12,14H,9,13H2,1-8H3. The van der Waals surface area contributed by atoms with E-state index >= 15 is 0 Å². The highest BCUT2D eigenvalue weighted by molar-refractivity contribution is 7.90. The maximum Gasteiger partial charge on any atom is 0.312 e. The third-order valence-corrected chi connectivity index (χ3v) is 6.41. The van der Waals surface area contributed by atoms with Gasteiger partial charge in [0.1, 0.15) is 5.56 Å². The summed E-state index contributed by atoms with van der Waals surface area (Å²) in [6.07, 6.45) is 2.72. The summed E-state index contributed by atoms with van der Waals surface area (Å²) in [4.78, 5) is 25.8. The summed E-state index contributed by atoms with van der Waals surface area (Å²) in [5, 5.41) is 4.28. The molecule has 7 nitrogen and oxygen atoms in total. The normalized spacial score (nSPS) is 11.5. The number of ether oxygens (including phenoxy) is 1. The van der Waals surface area contributed by atoms with E-state index in [-0.39, 0.29) is 34.5 Å². The van der Waals surface area contributed by atoms with Crippen molar-refractivity contribution in [2.45, 2.75) is 66.3 Å².